The van der Waals surface area contributed by atoms with Gasteiger partial charge in [-0.1, -0.05) is 24.3 Å². The van der Waals surface area contributed by atoms with Crippen molar-refractivity contribution >= 4 is 60.8 Å². The van der Waals surface area contributed by atoms with Crippen molar-refractivity contribution < 1.29 is 13.2 Å². The summed E-state index contributed by atoms with van der Waals surface area (Å²) < 4.78 is 35.5. The molecule has 142 valence electrons. The van der Waals surface area contributed by atoms with Crippen LogP contribution in [0.4, 0.5) is 10.8 Å². The van der Waals surface area contributed by atoms with E-state index in [0.29, 0.717) is 16.7 Å². The molecule has 0 aliphatic rings. The molecule has 8 nitrogen and oxygen atoms in total. The number of rotatable bonds is 6. The van der Waals surface area contributed by atoms with Crippen LogP contribution in [0.2, 0.25) is 0 Å². The number of benzene rings is 2. The number of hydrogen-bond acceptors (Lipinski definition) is 8. The molecule has 2 aromatic carbocycles. The fraction of sp³-hybridized carbons (Fsp3) is 0.0588. The number of nitrogens with zero attached hydrogens (tertiary/aromatic N) is 4. The Morgan fingerprint density at radius 3 is 2.64 bits per heavy atom. The van der Waals surface area contributed by atoms with E-state index in [-0.39, 0.29) is 10.0 Å². The van der Waals surface area contributed by atoms with E-state index in [1.165, 1.54) is 18.3 Å². The van der Waals surface area contributed by atoms with Gasteiger partial charge in [0, 0.05) is 11.6 Å². The van der Waals surface area contributed by atoms with Crippen LogP contribution in [0.3, 0.4) is 0 Å². The Morgan fingerprint density at radius 1 is 1.07 bits per heavy atom. The lowest BCUT2D eigenvalue weighted by atomic mass is 10.2. The molecule has 11 heteroatoms. The molecule has 0 atom stereocenters. The first kappa shape index (κ1) is 18.5. The quantitative estimate of drug-likeness (QED) is 0.503. The molecule has 0 radical (unpaired) electrons. The Balaban J connectivity index is 1.63. The van der Waals surface area contributed by atoms with Gasteiger partial charge in [0.15, 0.2) is 5.13 Å². The molecule has 4 rings (SSSR count). The molecule has 2 heterocycles. The average Bonchev–Trinajstić information content (AvgIpc) is 3.39. The highest BCUT2D eigenvalue weighted by Crippen LogP contribution is 2.26. The van der Waals surface area contributed by atoms with Gasteiger partial charge in [-0.15, -0.1) is 11.3 Å². The van der Waals surface area contributed by atoms with Crippen LogP contribution in [0.25, 0.3) is 11.0 Å². The number of amides is 1. The van der Waals surface area contributed by atoms with Gasteiger partial charge < -0.3 is 5.32 Å². The van der Waals surface area contributed by atoms with Crippen LogP contribution in [0.1, 0.15) is 0 Å². The highest BCUT2D eigenvalue weighted by Gasteiger charge is 2.29. The largest absolute Gasteiger partial charge is 0.323 e. The van der Waals surface area contributed by atoms with Crippen molar-refractivity contribution in [2.75, 3.05) is 16.2 Å². The van der Waals surface area contributed by atoms with Crippen LogP contribution in [-0.2, 0) is 14.8 Å². The third-order valence-corrected chi connectivity index (χ3v) is 7.01. The van der Waals surface area contributed by atoms with Crippen molar-refractivity contribution in [3.8, 4) is 0 Å². The van der Waals surface area contributed by atoms with Crippen LogP contribution in [0, 0.1) is 0 Å². The maximum Gasteiger partial charge on any atom is 0.266 e. The summed E-state index contributed by atoms with van der Waals surface area (Å²) in [6, 6.07) is 13.2. The second-order valence-corrected chi connectivity index (χ2v) is 8.89. The van der Waals surface area contributed by atoms with Crippen molar-refractivity contribution in [2.24, 2.45) is 0 Å². The number of fused-ring (bicyclic) bond motifs is 1. The third kappa shape index (κ3) is 3.59. The van der Waals surface area contributed by atoms with Gasteiger partial charge in [-0.05, 0) is 24.3 Å². The number of nitrogens with one attached hydrogen (secondary N) is 1. The molecule has 28 heavy (non-hydrogen) atoms. The number of hydrogen-bond donors (Lipinski definition) is 1. The molecule has 1 amide bonds. The van der Waals surface area contributed by atoms with Crippen LogP contribution in [0.15, 0.2) is 65.0 Å². The number of carbonyl (C=O) groups is 1. The second-order valence-electron chi connectivity index (χ2n) is 5.63. The smallest absolute Gasteiger partial charge is 0.266 e. The first-order valence-electron chi connectivity index (χ1n) is 8.04. The molecule has 0 aliphatic heterocycles. The van der Waals surface area contributed by atoms with E-state index in [1.807, 2.05) is 0 Å². The van der Waals surface area contributed by atoms with Crippen LogP contribution < -0.4 is 9.62 Å². The lowest BCUT2D eigenvalue weighted by Crippen LogP contribution is -2.38. The summed E-state index contributed by atoms with van der Waals surface area (Å²) in [6.45, 7) is -0.418. The molecule has 1 N–H and O–H groups in total. The molecule has 2 aromatic heterocycles. The lowest BCUT2D eigenvalue weighted by Gasteiger charge is -2.21. The summed E-state index contributed by atoms with van der Waals surface area (Å²) in [7, 11) is -3.95. The number of anilines is 2. The fourth-order valence-electron chi connectivity index (χ4n) is 2.54. The summed E-state index contributed by atoms with van der Waals surface area (Å²) in [5.74, 6) is -0.504. The van der Waals surface area contributed by atoms with Gasteiger partial charge in [0.2, 0.25) is 5.91 Å². The van der Waals surface area contributed by atoms with E-state index in [0.717, 1.165) is 27.4 Å². The fourth-order valence-corrected chi connectivity index (χ4v) is 5.36. The predicted molar refractivity (Wildman–Crippen MR) is 109 cm³/mol. The van der Waals surface area contributed by atoms with Gasteiger partial charge in [0.05, 0.1) is 22.3 Å². The van der Waals surface area contributed by atoms with E-state index in [9.17, 15) is 13.2 Å². The Hall–Kier alpha value is -2.89. The van der Waals surface area contributed by atoms with Crippen LogP contribution in [-0.4, -0.2) is 34.6 Å². The van der Waals surface area contributed by atoms with E-state index < -0.39 is 22.5 Å². The van der Waals surface area contributed by atoms with Gasteiger partial charge in [0.1, 0.15) is 17.6 Å². The Labute approximate surface area is 168 Å². The molecular weight excluding hydrogens is 418 g/mol. The molecule has 0 bridgehead atoms. The minimum atomic E-state index is -3.95. The first-order valence-corrected chi connectivity index (χ1v) is 11.1. The molecule has 0 saturated heterocycles. The van der Waals surface area contributed by atoms with E-state index >= 15 is 0 Å². The van der Waals surface area contributed by atoms with Crippen molar-refractivity contribution in [3.05, 3.63) is 60.1 Å². The monoisotopic (exact) mass is 431 g/mol. The minimum absolute atomic E-state index is 0.0869. The van der Waals surface area contributed by atoms with E-state index in [1.54, 1.807) is 41.8 Å². The SMILES string of the molecule is O=C(CN(c1nccs1)S(=O)(=O)c1ccccc1)Nc1cccc2nsnc12. The van der Waals surface area contributed by atoms with E-state index in [4.69, 9.17) is 0 Å². The minimum Gasteiger partial charge on any atom is -0.323 e. The average molecular weight is 432 g/mol. The van der Waals surface area contributed by atoms with Crippen molar-refractivity contribution in [3.63, 3.8) is 0 Å². The molecular formula is C17H13N5O3S3. The topological polar surface area (TPSA) is 105 Å². The summed E-state index contributed by atoms with van der Waals surface area (Å²) in [4.78, 5) is 16.8. The molecule has 4 aromatic rings. The standard InChI is InChI=1S/C17H13N5O3S3/c23-15(19-13-7-4-8-14-16(13)21-27-20-14)11-22(17-18-9-10-26-17)28(24,25)12-5-2-1-3-6-12/h1-10H,11H2,(H,19,23). The third-order valence-electron chi connectivity index (χ3n) is 3.81. The summed E-state index contributed by atoms with van der Waals surface area (Å²) >= 11 is 2.18. The number of sulfonamides is 1. The highest BCUT2D eigenvalue weighted by molar-refractivity contribution is 7.93. The summed E-state index contributed by atoms with van der Waals surface area (Å²) in [5, 5.41) is 4.59. The maximum atomic E-state index is 13.1. The van der Waals surface area contributed by atoms with Crippen molar-refractivity contribution in [2.45, 2.75) is 4.90 Å². The maximum absolute atomic E-state index is 13.1. The Kier molecular flexibility index (Phi) is 5.03. The van der Waals surface area contributed by atoms with Gasteiger partial charge >= 0.3 is 0 Å². The van der Waals surface area contributed by atoms with Gasteiger partial charge in [-0.25, -0.2) is 17.7 Å². The molecule has 0 aliphatic carbocycles. The molecule has 0 spiro atoms. The highest BCUT2D eigenvalue weighted by atomic mass is 32.2. The molecule has 0 fully saturated rings. The van der Waals surface area contributed by atoms with E-state index in [2.05, 4.69) is 19.0 Å². The molecule has 0 unspecified atom stereocenters. The zero-order chi connectivity index (χ0) is 19.6. The first-order chi connectivity index (χ1) is 13.6. The van der Waals surface area contributed by atoms with Gasteiger partial charge in [-0.2, -0.15) is 8.75 Å². The zero-order valence-electron chi connectivity index (χ0n) is 14.2. The van der Waals surface area contributed by atoms with Crippen molar-refractivity contribution in [1.82, 2.24) is 13.7 Å². The van der Waals surface area contributed by atoms with Gasteiger partial charge in [0.25, 0.3) is 10.0 Å². The lowest BCUT2D eigenvalue weighted by molar-refractivity contribution is -0.114. The Morgan fingerprint density at radius 2 is 1.89 bits per heavy atom. The predicted octanol–water partition coefficient (Wildman–Crippen LogP) is 2.98. The van der Waals surface area contributed by atoms with Crippen LogP contribution >= 0.6 is 23.1 Å². The zero-order valence-corrected chi connectivity index (χ0v) is 16.7. The normalized spacial score (nSPS) is 11.4. The second kappa shape index (κ2) is 7.62. The molecule has 0 saturated carbocycles. The summed E-state index contributed by atoms with van der Waals surface area (Å²) in [6.07, 6.45) is 1.49. The summed E-state index contributed by atoms with van der Waals surface area (Å²) in [5.41, 5.74) is 1.71. The number of thiazole rings is 1. The number of carbonyl (C=O) groups excluding carboxylic acids is 1. The van der Waals surface area contributed by atoms with Crippen LogP contribution in [0.5, 0.6) is 0 Å². The van der Waals surface area contributed by atoms with Crippen molar-refractivity contribution in [1.29, 1.82) is 0 Å². The van der Waals surface area contributed by atoms with Gasteiger partial charge in [-0.3, -0.25) is 4.79 Å². The number of aromatic nitrogens is 3. The Bertz CT molecular complexity index is 1210.